The normalized spacial score (nSPS) is 21.2. The maximum atomic E-state index is 12.1. The van der Waals surface area contributed by atoms with Crippen molar-refractivity contribution in [3.05, 3.63) is 35.9 Å². The van der Waals surface area contributed by atoms with Gasteiger partial charge in [0.1, 0.15) is 0 Å². The van der Waals surface area contributed by atoms with Gasteiger partial charge in [0, 0.05) is 57.6 Å². The van der Waals surface area contributed by atoms with E-state index in [1.54, 1.807) is 0 Å². The van der Waals surface area contributed by atoms with Crippen molar-refractivity contribution in [3.63, 3.8) is 0 Å². The highest BCUT2D eigenvalue weighted by atomic mass is 16.3. The summed E-state index contributed by atoms with van der Waals surface area (Å²) >= 11 is 0. The Hall–Kier alpha value is -1.63. The Kier molecular flexibility index (Phi) is 6.51. The minimum absolute atomic E-state index is 0.179. The third kappa shape index (κ3) is 5.97. The predicted molar refractivity (Wildman–Crippen MR) is 103 cm³/mol. The predicted octanol–water partition coefficient (Wildman–Crippen LogP) is 0.917. The molecule has 0 aromatic heterocycles. The summed E-state index contributed by atoms with van der Waals surface area (Å²) in [7, 11) is 2.17. The Morgan fingerprint density at radius 3 is 2.50 bits per heavy atom. The van der Waals surface area contributed by atoms with Gasteiger partial charge in [0.2, 0.25) is 0 Å². The number of hydrogen-bond donors (Lipinski definition) is 3. The molecule has 144 valence electrons. The van der Waals surface area contributed by atoms with Crippen LogP contribution in [0.5, 0.6) is 0 Å². The van der Waals surface area contributed by atoms with Crippen LogP contribution in [0.15, 0.2) is 30.3 Å². The van der Waals surface area contributed by atoms with Crippen LogP contribution in [-0.2, 0) is 6.42 Å². The number of carbonyl (C=O) groups excluding carboxylic acids is 1. The van der Waals surface area contributed by atoms with Gasteiger partial charge in [0.15, 0.2) is 0 Å². The van der Waals surface area contributed by atoms with Gasteiger partial charge >= 0.3 is 6.03 Å². The molecule has 3 N–H and O–H groups in total. The molecule has 1 saturated carbocycles. The minimum Gasteiger partial charge on any atom is -0.391 e. The first-order valence-corrected chi connectivity index (χ1v) is 9.69. The molecule has 1 atom stereocenters. The van der Waals surface area contributed by atoms with Crippen molar-refractivity contribution in [1.29, 1.82) is 0 Å². The number of aliphatic hydroxyl groups excluding tert-OH is 1. The molecule has 6 nitrogen and oxygen atoms in total. The van der Waals surface area contributed by atoms with Crippen molar-refractivity contribution in [2.75, 3.05) is 52.9 Å². The lowest BCUT2D eigenvalue weighted by molar-refractivity contribution is 0.129. The average molecular weight is 361 g/mol. The summed E-state index contributed by atoms with van der Waals surface area (Å²) in [6.07, 6.45) is 2.37. The highest BCUT2D eigenvalue weighted by molar-refractivity contribution is 5.73. The minimum atomic E-state index is -0.566. The third-order valence-electron chi connectivity index (χ3n) is 5.55. The van der Waals surface area contributed by atoms with Gasteiger partial charge in [-0.25, -0.2) is 4.79 Å². The lowest BCUT2D eigenvalue weighted by Gasteiger charge is -2.34. The lowest BCUT2D eigenvalue weighted by atomic mass is 10.1. The number of nitrogens with one attached hydrogen (secondary N) is 2. The summed E-state index contributed by atoms with van der Waals surface area (Å²) in [5, 5.41) is 15.9. The highest BCUT2D eigenvalue weighted by Crippen LogP contribution is 2.45. The van der Waals surface area contributed by atoms with Crippen LogP contribution in [0, 0.1) is 5.41 Å². The van der Waals surface area contributed by atoms with Crippen LogP contribution in [0.3, 0.4) is 0 Å². The van der Waals surface area contributed by atoms with Crippen LogP contribution in [0.25, 0.3) is 0 Å². The van der Waals surface area contributed by atoms with Crippen molar-refractivity contribution in [1.82, 2.24) is 20.4 Å². The number of rotatable bonds is 8. The number of amides is 2. The van der Waals surface area contributed by atoms with E-state index in [0.29, 0.717) is 6.42 Å². The summed E-state index contributed by atoms with van der Waals surface area (Å²) in [5.41, 5.74) is 1.34. The first-order chi connectivity index (χ1) is 12.5. The number of hydrogen-bond acceptors (Lipinski definition) is 4. The molecule has 1 saturated heterocycles. The maximum absolute atomic E-state index is 12.1. The molecule has 0 spiro atoms. The molecule has 2 amide bonds. The first-order valence-electron chi connectivity index (χ1n) is 9.69. The topological polar surface area (TPSA) is 67.8 Å². The zero-order valence-electron chi connectivity index (χ0n) is 15.8. The van der Waals surface area contributed by atoms with E-state index in [0.717, 1.165) is 44.8 Å². The maximum Gasteiger partial charge on any atom is 0.314 e. The van der Waals surface area contributed by atoms with Gasteiger partial charge in [-0.15, -0.1) is 0 Å². The van der Waals surface area contributed by atoms with Crippen molar-refractivity contribution in [2.24, 2.45) is 5.41 Å². The fourth-order valence-electron chi connectivity index (χ4n) is 3.55. The molecule has 6 heteroatoms. The number of likely N-dealkylation sites (N-methyl/N-ethyl adjacent to an activating group) is 1. The van der Waals surface area contributed by atoms with E-state index in [1.807, 2.05) is 30.3 Å². The van der Waals surface area contributed by atoms with E-state index in [-0.39, 0.29) is 18.0 Å². The van der Waals surface area contributed by atoms with Crippen molar-refractivity contribution < 1.29 is 9.90 Å². The van der Waals surface area contributed by atoms with Crippen LogP contribution >= 0.6 is 0 Å². The molecular weight excluding hydrogens is 328 g/mol. The molecule has 2 fully saturated rings. The SMILES string of the molecule is CN1CCN(CC2(CNC(=O)NC[C@H](O)Cc3ccccc3)CC2)CC1. The molecule has 0 bridgehead atoms. The fraction of sp³-hybridized carbons (Fsp3) is 0.650. The van der Waals surface area contributed by atoms with Crippen molar-refractivity contribution in [3.8, 4) is 0 Å². The summed E-state index contributed by atoms with van der Waals surface area (Å²) < 4.78 is 0. The van der Waals surface area contributed by atoms with Gasteiger partial charge < -0.3 is 25.5 Å². The van der Waals surface area contributed by atoms with E-state index < -0.39 is 6.10 Å². The molecule has 0 unspecified atom stereocenters. The van der Waals surface area contributed by atoms with Crippen molar-refractivity contribution in [2.45, 2.75) is 25.4 Å². The van der Waals surface area contributed by atoms with E-state index >= 15 is 0 Å². The van der Waals surface area contributed by atoms with Crippen LogP contribution in [0.1, 0.15) is 18.4 Å². The van der Waals surface area contributed by atoms with Gasteiger partial charge in [0.05, 0.1) is 6.10 Å². The Balaban J connectivity index is 1.32. The molecule has 2 aliphatic rings. The van der Waals surface area contributed by atoms with Gasteiger partial charge in [-0.3, -0.25) is 0 Å². The molecule has 1 aliphatic carbocycles. The Morgan fingerprint density at radius 2 is 1.85 bits per heavy atom. The molecule has 1 aromatic carbocycles. The number of aliphatic hydroxyl groups is 1. The molecule has 3 rings (SSSR count). The Morgan fingerprint density at radius 1 is 1.15 bits per heavy atom. The number of benzene rings is 1. The van der Waals surface area contributed by atoms with Crippen molar-refractivity contribution >= 4 is 6.03 Å². The summed E-state index contributed by atoms with van der Waals surface area (Å²) in [5.74, 6) is 0. The number of urea groups is 1. The summed E-state index contributed by atoms with van der Waals surface area (Å²) in [6, 6.07) is 9.66. The van der Waals surface area contributed by atoms with E-state index in [2.05, 4.69) is 27.5 Å². The van der Waals surface area contributed by atoms with Crippen LogP contribution in [0.2, 0.25) is 0 Å². The van der Waals surface area contributed by atoms with Crippen LogP contribution in [-0.4, -0.2) is 79.9 Å². The third-order valence-corrected chi connectivity index (χ3v) is 5.55. The second-order valence-corrected chi connectivity index (χ2v) is 7.99. The molecular formula is C20H32N4O2. The first kappa shape index (κ1) is 19.1. The van der Waals surface area contributed by atoms with Crippen LogP contribution in [0.4, 0.5) is 4.79 Å². The molecule has 0 radical (unpaired) electrons. The number of carbonyl (C=O) groups is 1. The molecule has 26 heavy (non-hydrogen) atoms. The highest BCUT2D eigenvalue weighted by Gasteiger charge is 2.44. The molecule has 1 aromatic rings. The van der Waals surface area contributed by atoms with Crippen LogP contribution < -0.4 is 10.6 Å². The van der Waals surface area contributed by atoms with E-state index in [4.69, 9.17) is 0 Å². The van der Waals surface area contributed by atoms with E-state index in [9.17, 15) is 9.90 Å². The number of piperazine rings is 1. The van der Waals surface area contributed by atoms with Gasteiger partial charge in [0.25, 0.3) is 0 Å². The summed E-state index contributed by atoms with van der Waals surface area (Å²) in [6.45, 7) is 6.57. The fourth-order valence-corrected chi connectivity index (χ4v) is 3.55. The second kappa shape index (κ2) is 8.84. The monoisotopic (exact) mass is 360 g/mol. The average Bonchev–Trinajstić information content (AvgIpc) is 3.41. The number of nitrogens with zero attached hydrogens (tertiary/aromatic N) is 2. The van der Waals surface area contributed by atoms with Gasteiger partial charge in [-0.2, -0.15) is 0 Å². The standard InChI is InChI=1S/C20H32N4O2/c1-23-9-11-24(12-10-23)16-20(7-8-20)15-22-19(26)21-14-18(25)13-17-5-3-2-4-6-17/h2-6,18,25H,7-16H2,1H3,(H2,21,22,26)/t18-/m1/s1. The quantitative estimate of drug-likeness (QED) is 0.645. The van der Waals surface area contributed by atoms with E-state index in [1.165, 1.54) is 12.8 Å². The lowest BCUT2D eigenvalue weighted by Crippen LogP contribution is -2.49. The molecule has 1 aliphatic heterocycles. The van der Waals surface area contributed by atoms with Gasteiger partial charge in [-0.05, 0) is 25.5 Å². The Bertz CT molecular complexity index is 568. The van der Waals surface area contributed by atoms with Gasteiger partial charge in [-0.1, -0.05) is 30.3 Å². The largest absolute Gasteiger partial charge is 0.391 e. The zero-order chi connectivity index (χ0) is 18.4. The Labute approximate surface area is 156 Å². The smallest absolute Gasteiger partial charge is 0.314 e. The second-order valence-electron chi connectivity index (χ2n) is 7.99. The summed E-state index contributed by atoms with van der Waals surface area (Å²) in [4.78, 5) is 16.9. The molecule has 1 heterocycles. The zero-order valence-corrected chi connectivity index (χ0v) is 15.8.